The van der Waals surface area contributed by atoms with E-state index in [-0.39, 0.29) is 0 Å². The molecule has 6 heteroatoms. The van der Waals surface area contributed by atoms with Crippen molar-refractivity contribution in [2.75, 3.05) is 53.1 Å². The van der Waals surface area contributed by atoms with Gasteiger partial charge in [0.1, 0.15) is 0 Å². The van der Waals surface area contributed by atoms with Gasteiger partial charge in [0.15, 0.2) is 11.5 Å². The number of morpholine rings is 1. The van der Waals surface area contributed by atoms with Crippen LogP contribution in [-0.4, -0.2) is 58.0 Å². The van der Waals surface area contributed by atoms with E-state index in [1.165, 1.54) is 0 Å². The maximum atomic E-state index is 6.34. The summed E-state index contributed by atoms with van der Waals surface area (Å²) >= 11 is 6.34. The van der Waals surface area contributed by atoms with E-state index in [2.05, 4.69) is 17.1 Å². The van der Waals surface area contributed by atoms with E-state index < -0.39 is 0 Å². The van der Waals surface area contributed by atoms with Gasteiger partial charge in [0, 0.05) is 19.6 Å². The number of methoxy groups -OCH3 is 1. The molecule has 0 atom stereocenters. The standard InChI is InChI=1S/C18H29ClN2O3/c1-3-9-24-18-16(19)12-15(13-17(18)22-2)14-20-5-4-6-21-7-10-23-11-8-21/h12-13,20H,3-11,14H2,1-2H3. The summed E-state index contributed by atoms with van der Waals surface area (Å²) in [6.07, 6.45) is 2.06. The molecule has 5 nitrogen and oxygen atoms in total. The van der Waals surface area contributed by atoms with Gasteiger partial charge in [-0.25, -0.2) is 0 Å². The lowest BCUT2D eigenvalue weighted by atomic mass is 10.2. The second-order valence-corrected chi connectivity index (χ2v) is 6.35. The molecule has 0 aliphatic carbocycles. The van der Waals surface area contributed by atoms with Gasteiger partial charge < -0.3 is 19.5 Å². The quantitative estimate of drug-likeness (QED) is 0.653. The van der Waals surface area contributed by atoms with Crippen molar-refractivity contribution in [1.82, 2.24) is 10.2 Å². The number of nitrogens with zero attached hydrogens (tertiary/aromatic N) is 1. The molecular weight excluding hydrogens is 328 g/mol. The number of benzene rings is 1. The van der Waals surface area contributed by atoms with Crippen LogP contribution in [0.2, 0.25) is 5.02 Å². The monoisotopic (exact) mass is 356 g/mol. The molecule has 1 saturated heterocycles. The molecule has 1 N–H and O–H groups in total. The highest BCUT2D eigenvalue weighted by Gasteiger charge is 2.12. The molecule has 1 aromatic carbocycles. The van der Waals surface area contributed by atoms with Crippen LogP contribution in [0.25, 0.3) is 0 Å². The molecule has 0 spiro atoms. The number of nitrogens with one attached hydrogen (secondary N) is 1. The van der Waals surface area contributed by atoms with Gasteiger partial charge in [0.25, 0.3) is 0 Å². The van der Waals surface area contributed by atoms with Crippen molar-refractivity contribution in [2.45, 2.75) is 26.3 Å². The molecule has 0 unspecified atom stereocenters. The van der Waals surface area contributed by atoms with Crippen LogP contribution in [0.3, 0.4) is 0 Å². The molecule has 0 radical (unpaired) electrons. The number of rotatable bonds is 10. The summed E-state index contributed by atoms with van der Waals surface area (Å²) in [7, 11) is 1.64. The Bertz CT molecular complexity index is 493. The smallest absolute Gasteiger partial charge is 0.179 e. The molecule has 1 aliphatic rings. The van der Waals surface area contributed by atoms with E-state index in [1.807, 2.05) is 12.1 Å². The first-order valence-corrected chi connectivity index (χ1v) is 9.12. The summed E-state index contributed by atoms with van der Waals surface area (Å²) in [6, 6.07) is 3.94. The Kier molecular flexibility index (Phi) is 8.67. The molecule has 0 bridgehead atoms. The molecule has 1 fully saturated rings. The van der Waals surface area contributed by atoms with Crippen LogP contribution >= 0.6 is 11.6 Å². The molecule has 2 rings (SSSR count). The zero-order valence-corrected chi connectivity index (χ0v) is 15.5. The van der Waals surface area contributed by atoms with Crippen LogP contribution < -0.4 is 14.8 Å². The van der Waals surface area contributed by atoms with E-state index >= 15 is 0 Å². The van der Waals surface area contributed by atoms with Gasteiger partial charge in [-0.1, -0.05) is 18.5 Å². The molecule has 0 saturated carbocycles. The lowest BCUT2D eigenvalue weighted by Crippen LogP contribution is -2.37. The molecule has 1 aromatic rings. The Balaban J connectivity index is 1.76. The van der Waals surface area contributed by atoms with Gasteiger partial charge in [-0.2, -0.15) is 0 Å². The van der Waals surface area contributed by atoms with Gasteiger partial charge in [-0.15, -0.1) is 0 Å². The van der Waals surface area contributed by atoms with Crippen LogP contribution in [-0.2, 0) is 11.3 Å². The van der Waals surface area contributed by atoms with E-state index in [4.69, 9.17) is 25.8 Å². The first kappa shape index (κ1) is 19.3. The van der Waals surface area contributed by atoms with Gasteiger partial charge in [0.2, 0.25) is 0 Å². The van der Waals surface area contributed by atoms with Crippen LogP contribution in [0.15, 0.2) is 12.1 Å². The highest BCUT2D eigenvalue weighted by atomic mass is 35.5. The maximum absolute atomic E-state index is 6.34. The van der Waals surface area contributed by atoms with Crippen LogP contribution in [0.1, 0.15) is 25.3 Å². The highest BCUT2D eigenvalue weighted by molar-refractivity contribution is 6.32. The Labute approximate surface area is 150 Å². The molecule has 1 heterocycles. The zero-order chi connectivity index (χ0) is 17.2. The normalized spacial score (nSPS) is 15.5. The van der Waals surface area contributed by atoms with E-state index in [1.54, 1.807) is 7.11 Å². The summed E-state index contributed by atoms with van der Waals surface area (Å²) < 4.78 is 16.5. The van der Waals surface area contributed by atoms with Crippen LogP contribution in [0.5, 0.6) is 11.5 Å². The average Bonchev–Trinajstić information content (AvgIpc) is 2.61. The predicted molar refractivity (Wildman–Crippen MR) is 97.4 cm³/mol. The van der Waals surface area contributed by atoms with Gasteiger partial charge in [0.05, 0.1) is 32.0 Å². The first-order chi connectivity index (χ1) is 11.7. The maximum Gasteiger partial charge on any atom is 0.179 e. The van der Waals surface area contributed by atoms with Crippen molar-refractivity contribution in [3.8, 4) is 11.5 Å². The number of hydrogen-bond donors (Lipinski definition) is 1. The van der Waals surface area contributed by atoms with Crippen molar-refractivity contribution in [3.63, 3.8) is 0 Å². The van der Waals surface area contributed by atoms with Crippen LogP contribution in [0, 0.1) is 0 Å². The highest BCUT2D eigenvalue weighted by Crippen LogP contribution is 2.36. The van der Waals surface area contributed by atoms with E-state index in [0.717, 1.165) is 64.3 Å². The predicted octanol–water partition coefficient (Wildman–Crippen LogP) is 2.95. The average molecular weight is 357 g/mol. The third-order valence-corrected chi connectivity index (χ3v) is 4.28. The third-order valence-electron chi connectivity index (χ3n) is 4.00. The number of hydrogen-bond acceptors (Lipinski definition) is 5. The lowest BCUT2D eigenvalue weighted by Gasteiger charge is -2.26. The van der Waals surface area contributed by atoms with E-state index in [0.29, 0.717) is 23.1 Å². The first-order valence-electron chi connectivity index (χ1n) is 8.74. The van der Waals surface area contributed by atoms with Gasteiger partial charge >= 0.3 is 0 Å². The second-order valence-electron chi connectivity index (χ2n) is 5.94. The summed E-state index contributed by atoms with van der Waals surface area (Å²) in [5.74, 6) is 1.33. The fourth-order valence-corrected chi connectivity index (χ4v) is 2.99. The summed E-state index contributed by atoms with van der Waals surface area (Å²) in [5, 5.41) is 4.07. The Morgan fingerprint density at radius 1 is 1.29 bits per heavy atom. The van der Waals surface area contributed by atoms with Crippen molar-refractivity contribution in [3.05, 3.63) is 22.7 Å². The van der Waals surface area contributed by atoms with E-state index in [9.17, 15) is 0 Å². The van der Waals surface area contributed by atoms with Crippen molar-refractivity contribution < 1.29 is 14.2 Å². The third kappa shape index (κ3) is 6.13. The van der Waals surface area contributed by atoms with Gasteiger partial charge in [-0.3, -0.25) is 4.90 Å². The molecular formula is C18H29ClN2O3. The largest absolute Gasteiger partial charge is 0.493 e. The van der Waals surface area contributed by atoms with Crippen molar-refractivity contribution in [1.29, 1.82) is 0 Å². The summed E-state index contributed by atoms with van der Waals surface area (Å²) in [4.78, 5) is 2.45. The van der Waals surface area contributed by atoms with Crippen molar-refractivity contribution in [2.24, 2.45) is 0 Å². The molecule has 1 aliphatic heterocycles. The second kappa shape index (κ2) is 10.8. The molecule has 0 aromatic heterocycles. The van der Waals surface area contributed by atoms with Crippen LogP contribution in [0.4, 0.5) is 0 Å². The molecule has 24 heavy (non-hydrogen) atoms. The fraction of sp³-hybridized carbons (Fsp3) is 0.667. The minimum atomic E-state index is 0.605. The minimum absolute atomic E-state index is 0.605. The summed E-state index contributed by atoms with van der Waals surface area (Å²) in [6.45, 7) is 9.38. The molecule has 136 valence electrons. The lowest BCUT2D eigenvalue weighted by molar-refractivity contribution is 0.0374. The zero-order valence-electron chi connectivity index (χ0n) is 14.8. The topological polar surface area (TPSA) is 43.0 Å². The SMILES string of the molecule is CCCOc1c(Cl)cc(CNCCCN2CCOCC2)cc1OC. The fourth-order valence-electron chi connectivity index (χ4n) is 2.70. The number of ether oxygens (including phenoxy) is 3. The van der Waals surface area contributed by atoms with Gasteiger partial charge in [-0.05, 0) is 43.6 Å². The number of halogens is 1. The Morgan fingerprint density at radius 2 is 2.08 bits per heavy atom. The molecule has 0 amide bonds. The summed E-state index contributed by atoms with van der Waals surface area (Å²) in [5.41, 5.74) is 1.10. The Hall–Kier alpha value is -1.01. The Morgan fingerprint density at radius 3 is 2.79 bits per heavy atom. The minimum Gasteiger partial charge on any atom is -0.493 e. The van der Waals surface area contributed by atoms with Crippen molar-refractivity contribution >= 4 is 11.6 Å².